The number of rotatable bonds is 7. The summed E-state index contributed by atoms with van der Waals surface area (Å²) in [5, 5.41) is 3.43. The Morgan fingerprint density at radius 2 is 1.69 bits per heavy atom. The summed E-state index contributed by atoms with van der Waals surface area (Å²) in [6.45, 7) is 7.23. The smallest absolute Gasteiger partial charge is 0.177 e. The van der Waals surface area contributed by atoms with Crippen molar-refractivity contribution in [1.82, 2.24) is 24.5 Å². The van der Waals surface area contributed by atoms with Crippen molar-refractivity contribution in [1.29, 1.82) is 0 Å². The number of ether oxygens (including phenoxy) is 2. The number of aryl methyl sites for hydroxylation is 3. The van der Waals surface area contributed by atoms with Gasteiger partial charge in [-0.05, 0) is 83.1 Å². The van der Waals surface area contributed by atoms with E-state index in [9.17, 15) is 8.42 Å². The number of fused-ring (bicyclic) bond motifs is 1. The van der Waals surface area contributed by atoms with E-state index in [2.05, 4.69) is 14.9 Å². The fourth-order valence-corrected chi connectivity index (χ4v) is 6.71. The Labute approximate surface area is 246 Å². The van der Waals surface area contributed by atoms with Crippen molar-refractivity contribution in [2.75, 3.05) is 24.8 Å². The number of nitrogens with one attached hydrogen (secondary N) is 1. The molecule has 3 aromatic heterocycles. The van der Waals surface area contributed by atoms with Crippen molar-refractivity contribution >= 4 is 32.4 Å². The van der Waals surface area contributed by atoms with Gasteiger partial charge < -0.3 is 14.8 Å². The predicted octanol–water partition coefficient (Wildman–Crippen LogP) is 5.83. The average Bonchev–Trinajstić information content (AvgIpc) is 3.31. The van der Waals surface area contributed by atoms with Gasteiger partial charge in [0.2, 0.25) is 0 Å². The Balaban J connectivity index is 1.45. The van der Waals surface area contributed by atoms with Crippen molar-refractivity contribution in [2.45, 2.75) is 82.9 Å². The maximum Gasteiger partial charge on any atom is 0.177 e. The first-order valence-corrected chi connectivity index (χ1v) is 16.6. The highest BCUT2D eigenvalue weighted by atomic mass is 32.2. The van der Waals surface area contributed by atoms with Crippen LogP contribution in [0.4, 0.5) is 11.4 Å². The second kappa shape index (κ2) is 11.7. The molecule has 6 rings (SSSR count). The van der Waals surface area contributed by atoms with Gasteiger partial charge in [-0.3, -0.25) is 14.5 Å². The number of anilines is 2. The molecule has 2 aliphatic heterocycles. The second-order valence-electron chi connectivity index (χ2n) is 11.4. The maximum atomic E-state index is 13.0. The molecule has 0 radical (unpaired) electrons. The quantitative estimate of drug-likeness (QED) is 0.284. The molecule has 0 saturated carbocycles. The lowest BCUT2D eigenvalue weighted by molar-refractivity contribution is -0.0309. The molecule has 2 atom stereocenters. The zero-order valence-electron chi connectivity index (χ0n) is 24.7. The first-order valence-electron chi connectivity index (χ1n) is 14.7. The van der Waals surface area contributed by atoms with Crippen molar-refractivity contribution in [3.05, 3.63) is 64.6 Å². The van der Waals surface area contributed by atoms with E-state index in [1.165, 1.54) is 6.26 Å². The molecule has 0 spiro atoms. The van der Waals surface area contributed by atoms with Gasteiger partial charge in [0.05, 0.1) is 45.1 Å². The van der Waals surface area contributed by atoms with Gasteiger partial charge >= 0.3 is 0 Å². The Kier molecular flexibility index (Phi) is 7.99. The van der Waals surface area contributed by atoms with Crippen LogP contribution < -0.4 is 5.32 Å². The van der Waals surface area contributed by atoms with Crippen molar-refractivity contribution < 1.29 is 17.9 Å². The van der Waals surface area contributed by atoms with E-state index in [1.807, 2.05) is 39.0 Å². The van der Waals surface area contributed by atoms with Crippen LogP contribution in [0.5, 0.6) is 0 Å². The zero-order chi connectivity index (χ0) is 29.4. The first-order chi connectivity index (χ1) is 20.2. The molecule has 2 unspecified atom stereocenters. The maximum absolute atomic E-state index is 13.0. The highest BCUT2D eigenvalue weighted by Crippen LogP contribution is 2.36. The fraction of sp³-hybridized carbons (Fsp3) is 0.484. The van der Waals surface area contributed by atoms with Crippen LogP contribution in [0.2, 0.25) is 0 Å². The minimum atomic E-state index is -3.55. The molecule has 2 fully saturated rings. The summed E-state index contributed by atoms with van der Waals surface area (Å²) in [5.41, 5.74) is 6.75. The van der Waals surface area contributed by atoms with Crippen molar-refractivity contribution in [2.24, 2.45) is 0 Å². The van der Waals surface area contributed by atoms with E-state index >= 15 is 0 Å². The van der Waals surface area contributed by atoms with E-state index in [0.29, 0.717) is 42.2 Å². The molecular formula is C31H38N6O4S. The average molecular weight is 591 g/mol. The summed E-state index contributed by atoms with van der Waals surface area (Å²) in [4.78, 5) is 19.4. The Morgan fingerprint density at radius 1 is 0.905 bits per heavy atom. The number of benzene rings is 1. The van der Waals surface area contributed by atoms with E-state index in [-0.39, 0.29) is 17.2 Å². The summed E-state index contributed by atoms with van der Waals surface area (Å²) in [6, 6.07) is 7.47. The van der Waals surface area contributed by atoms with Crippen LogP contribution in [0, 0.1) is 20.8 Å². The van der Waals surface area contributed by atoms with Crippen LogP contribution in [0.15, 0.2) is 35.4 Å². The summed E-state index contributed by atoms with van der Waals surface area (Å²) >= 11 is 0. The molecule has 11 heteroatoms. The van der Waals surface area contributed by atoms with E-state index in [1.54, 1.807) is 12.3 Å². The molecular weight excluding hydrogens is 552 g/mol. The fourth-order valence-electron chi connectivity index (χ4n) is 5.84. The molecule has 0 aliphatic carbocycles. The monoisotopic (exact) mass is 590 g/mol. The number of sulfone groups is 1. The van der Waals surface area contributed by atoms with Crippen molar-refractivity contribution in [3.8, 4) is 0 Å². The predicted molar refractivity (Wildman–Crippen MR) is 161 cm³/mol. The van der Waals surface area contributed by atoms with Gasteiger partial charge in [0, 0.05) is 32.1 Å². The van der Waals surface area contributed by atoms with Crippen LogP contribution in [0.25, 0.3) is 11.2 Å². The number of hydrogen-bond acceptors (Lipinski definition) is 9. The third-order valence-electron chi connectivity index (χ3n) is 8.15. The van der Waals surface area contributed by atoms with E-state index in [4.69, 9.17) is 24.4 Å². The SMILES string of the molecule is Cc1ncc(Cc2cc(Nc3ccc(C4CCCCO4)cc3S(C)(=O)=O)c3nc(C)n(C4CCCCO4)c3n2)nc1C. The first kappa shape index (κ1) is 28.7. The van der Waals surface area contributed by atoms with Gasteiger partial charge in [-0.15, -0.1) is 0 Å². The molecule has 2 aliphatic rings. The highest BCUT2D eigenvalue weighted by Gasteiger charge is 2.25. The zero-order valence-corrected chi connectivity index (χ0v) is 25.5. The number of nitrogens with zero attached hydrogens (tertiary/aromatic N) is 5. The molecule has 0 bridgehead atoms. The molecule has 0 amide bonds. The van der Waals surface area contributed by atoms with Gasteiger partial charge in [-0.2, -0.15) is 0 Å². The Morgan fingerprint density at radius 3 is 2.38 bits per heavy atom. The third kappa shape index (κ3) is 5.91. The molecule has 1 aromatic carbocycles. The molecule has 4 aromatic rings. The number of pyridine rings is 1. The van der Waals surface area contributed by atoms with Crippen LogP contribution in [0.3, 0.4) is 0 Å². The van der Waals surface area contributed by atoms with Crippen LogP contribution in [-0.4, -0.2) is 52.4 Å². The van der Waals surface area contributed by atoms with E-state index < -0.39 is 9.84 Å². The third-order valence-corrected chi connectivity index (χ3v) is 9.29. The van der Waals surface area contributed by atoms with Crippen LogP contribution in [-0.2, 0) is 25.7 Å². The Bertz CT molecular complexity index is 1720. The van der Waals surface area contributed by atoms with Gasteiger partial charge in [0.1, 0.15) is 17.6 Å². The topological polar surface area (TPSA) is 121 Å². The van der Waals surface area contributed by atoms with Crippen LogP contribution in [0.1, 0.15) is 85.0 Å². The van der Waals surface area contributed by atoms with E-state index in [0.717, 1.165) is 72.7 Å². The van der Waals surface area contributed by atoms with Gasteiger partial charge in [0.25, 0.3) is 0 Å². The molecule has 1 N–H and O–H groups in total. The van der Waals surface area contributed by atoms with Crippen molar-refractivity contribution in [3.63, 3.8) is 0 Å². The van der Waals surface area contributed by atoms with Gasteiger partial charge in [0.15, 0.2) is 15.5 Å². The summed E-state index contributed by atoms with van der Waals surface area (Å²) < 4.78 is 40.2. The standard InChI is InChI=1S/C31H38N6O4S/c1-19-20(2)33-24(18-32-19)16-23-17-26(30-31(35-23)37(21(3)34-30)29-10-6-8-14-41-29)36-25-12-11-22(15-28(25)42(4,38)39)27-9-5-7-13-40-27/h11-12,15,17-18,27,29H,5-10,13-14,16H2,1-4H3,(H,35,36). The number of aromatic nitrogens is 5. The molecule has 2 saturated heterocycles. The summed E-state index contributed by atoms with van der Waals surface area (Å²) in [6.07, 6.45) is 9.20. The van der Waals surface area contributed by atoms with Gasteiger partial charge in [-0.1, -0.05) is 6.07 Å². The Hall–Kier alpha value is -3.41. The molecule has 5 heterocycles. The second-order valence-corrected chi connectivity index (χ2v) is 13.4. The number of hydrogen-bond donors (Lipinski definition) is 1. The minimum Gasteiger partial charge on any atom is -0.374 e. The lowest BCUT2D eigenvalue weighted by Crippen LogP contribution is -2.19. The highest BCUT2D eigenvalue weighted by molar-refractivity contribution is 7.90. The number of imidazole rings is 1. The van der Waals surface area contributed by atoms with Crippen LogP contribution >= 0.6 is 0 Å². The molecule has 10 nitrogen and oxygen atoms in total. The molecule has 42 heavy (non-hydrogen) atoms. The van der Waals surface area contributed by atoms with Gasteiger partial charge in [-0.25, -0.2) is 18.4 Å². The lowest BCUT2D eigenvalue weighted by atomic mass is 10.0. The largest absolute Gasteiger partial charge is 0.374 e. The molecule has 222 valence electrons. The summed E-state index contributed by atoms with van der Waals surface area (Å²) in [5.74, 6) is 0.795. The summed E-state index contributed by atoms with van der Waals surface area (Å²) in [7, 11) is -3.55. The normalized spacial score (nSPS) is 19.7. The minimum absolute atomic E-state index is 0.0968. The lowest BCUT2D eigenvalue weighted by Gasteiger charge is -2.25.